The lowest BCUT2D eigenvalue weighted by Crippen LogP contribution is -2.44. The van der Waals surface area contributed by atoms with Crippen molar-refractivity contribution in [1.29, 1.82) is 0 Å². The molecule has 0 aliphatic heterocycles. The fourth-order valence-electron chi connectivity index (χ4n) is 2.05. The van der Waals surface area contributed by atoms with E-state index in [2.05, 4.69) is 40.0 Å². The zero-order valence-electron chi connectivity index (χ0n) is 10.9. The summed E-state index contributed by atoms with van der Waals surface area (Å²) in [5.74, 6) is 0. The Bertz CT molecular complexity index is 155. The van der Waals surface area contributed by atoms with Crippen molar-refractivity contribution in [3.8, 4) is 0 Å². The van der Waals surface area contributed by atoms with Crippen molar-refractivity contribution in [3.63, 3.8) is 0 Å². The van der Waals surface area contributed by atoms with Gasteiger partial charge in [-0.2, -0.15) is 0 Å². The highest BCUT2D eigenvalue weighted by molar-refractivity contribution is 6.84. The predicted octanol–water partition coefficient (Wildman–Crippen LogP) is 4.62. The Morgan fingerprint density at radius 2 is 1.29 bits per heavy atom. The van der Waals surface area contributed by atoms with Crippen molar-refractivity contribution in [1.82, 2.24) is 0 Å². The molecular weight excluding hydrogens is 204 g/mol. The predicted molar refractivity (Wildman–Crippen MR) is 70.9 cm³/mol. The Morgan fingerprint density at radius 3 is 1.71 bits per heavy atom. The standard InChI is InChI=1S/C11H28OSi2/c1-7-9-11-14(5,6)12-13(3,4)10-8-2/h7-11H2,1-6H3. The molecule has 0 aromatic rings. The van der Waals surface area contributed by atoms with Crippen LogP contribution in [0.15, 0.2) is 0 Å². The van der Waals surface area contributed by atoms with Gasteiger partial charge in [-0.3, -0.25) is 0 Å². The molecule has 0 fully saturated rings. The molecule has 0 saturated heterocycles. The van der Waals surface area contributed by atoms with E-state index in [1.807, 2.05) is 0 Å². The molecule has 0 spiro atoms. The van der Waals surface area contributed by atoms with Gasteiger partial charge >= 0.3 is 0 Å². The van der Waals surface area contributed by atoms with Crippen molar-refractivity contribution in [2.45, 2.75) is 71.4 Å². The van der Waals surface area contributed by atoms with Crippen LogP contribution in [0.4, 0.5) is 0 Å². The molecule has 14 heavy (non-hydrogen) atoms. The lowest BCUT2D eigenvalue weighted by atomic mass is 10.4. The lowest BCUT2D eigenvalue weighted by molar-refractivity contribution is 0.531. The van der Waals surface area contributed by atoms with Gasteiger partial charge in [0.05, 0.1) is 0 Å². The van der Waals surface area contributed by atoms with Gasteiger partial charge in [-0.15, -0.1) is 0 Å². The first kappa shape index (κ1) is 14.4. The Hall–Kier alpha value is 0.394. The van der Waals surface area contributed by atoms with Crippen LogP contribution >= 0.6 is 0 Å². The number of hydrogen-bond donors (Lipinski definition) is 0. The largest absolute Gasteiger partial charge is 0.455 e. The minimum Gasteiger partial charge on any atom is -0.455 e. The highest BCUT2D eigenvalue weighted by Crippen LogP contribution is 2.23. The number of unbranched alkanes of at least 4 members (excludes halogenated alkanes) is 1. The smallest absolute Gasteiger partial charge is 0.173 e. The SMILES string of the molecule is CCCC[Si](C)(C)O[Si](C)(C)CCC. The second-order valence-corrected chi connectivity index (χ2v) is 14.3. The van der Waals surface area contributed by atoms with E-state index in [1.165, 1.54) is 31.4 Å². The lowest BCUT2D eigenvalue weighted by Gasteiger charge is -2.34. The molecule has 0 aliphatic rings. The van der Waals surface area contributed by atoms with Crippen molar-refractivity contribution >= 4 is 16.6 Å². The zero-order valence-corrected chi connectivity index (χ0v) is 12.9. The third-order valence-corrected chi connectivity index (χ3v) is 10.2. The summed E-state index contributed by atoms with van der Waals surface area (Å²) in [6.07, 6.45) is 3.92. The number of hydrogen-bond acceptors (Lipinski definition) is 1. The molecule has 0 radical (unpaired) electrons. The summed E-state index contributed by atoms with van der Waals surface area (Å²) >= 11 is 0. The Labute approximate surface area is 92.5 Å². The van der Waals surface area contributed by atoms with E-state index in [-0.39, 0.29) is 0 Å². The quantitative estimate of drug-likeness (QED) is 0.582. The van der Waals surface area contributed by atoms with Gasteiger partial charge in [-0.05, 0) is 38.3 Å². The summed E-state index contributed by atoms with van der Waals surface area (Å²) < 4.78 is 6.45. The Kier molecular flexibility index (Phi) is 6.25. The normalized spacial score (nSPS) is 13.3. The molecule has 0 heterocycles. The van der Waals surface area contributed by atoms with Crippen LogP contribution in [-0.4, -0.2) is 16.6 Å². The molecule has 0 saturated carbocycles. The van der Waals surface area contributed by atoms with Crippen molar-refractivity contribution < 1.29 is 4.12 Å². The van der Waals surface area contributed by atoms with E-state index >= 15 is 0 Å². The molecule has 0 amide bonds. The summed E-state index contributed by atoms with van der Waals surface area (Å²) in [7, 11) is -2.66. The van der Waals surface area contributed by atoms with E-state index in [0.717, 1.165) is 0 Å². The molecule has 1 nitrogen and oxygen atoms in total. The van der Waals surface area contributed by atoms with Crippen LogP contribution < -0.4 is 0 Å². The van der Waals surface area contributed by atoms with Gasteiger partial charge in [0.25, 0.3) is 0 Å². The minimum atomic E-state index is -1.34. The van der Waals surface area contributed by atoms with Crippen LogP contribution in [0.1, 0.15) is 33.1 Å². The maximum Gasteiger partial charge on any atom is 0.173 e. The van der Waals surface area contributed by atoms with Gasteiger partial charge in [0.15, 0.2) is 16.6 Å². The topological polar surface area (TPSA) is 9.23 Å². The fourth-order valence-corrected chi connectivity index (χ4v) is 11.3. The summed E-state index contributed by atoms with van der Waals surface area (Å²) in [5.41, 5.74) is 0. The van der Waals surface area contributed by atoms with Crippen LogP contribution in [0.5, 0.6) is 0 Å². The van der Waals surface area contributed by atoms with E-state index in [4.69, 9.17) is 4.12 Å². The summed E-state index contributed by atoms with van der Waals surface area (Å²) in [6, 6.07) is 2.65. The average molecular weight is 233 g/mol. The Morgan fingerprint density at radius 1 is 0.786 bits per heavy atom. The van der Waals surface area contributed by atoms with Crippen LogP contribution in [0, 0.1) is 0 Å². The van der Waals surface area contributed by atoms with Crippen LogP contribution in [-0.2, 0) is 4.12 Å². The third kappa shape index (κ3) is 6.79. The Balaban J connectivity index is 4.05. The van der Waals surface area contributed by atoms with E-state index in [9.17, 15) is 0 Å². The molecule has 0 rings (SSSR count). The molecule has 0 N–H and O–H groups in total. The average Bonchev–Trinajstić information content (AvgIpc) is 1.98. The summed E-state index contributed by atoms with van der Waals surface area (Å²) in [4.78, 5) is 0. The molecule has 0 aromatic heterocycles. The van der Waals surface area contributed by atoms with Gasteiger partial charge in [-0.25, -0.2) is 0 Å². The highest BCUT2D eigenvalue weighted by atomic mass is 28.4. The second kappa shape index (κ2) is 6.08. The van der Waals surface area contributed by atoms with Crippen LogP contribution in [0.25, 0.3) is 0 Å². The molecule has 86 valence electrons. The molecule has 3 heteroatoms. The third-order valence-electron chi connectivity index (χ3n) is 2.54. The van der Waals surface area contributed by atoms with E-state index in [1.54, 1.807) is 0 Å². The molecular formula is C11H28OSi2. The zero-order chi connectivity index (χ0) is 11.2. The van der Waals surface area contributed by atoms with Crippen molar-refractivity contribution in [2.24, 2.45) is 0 Å². The van der Waals surface area contributed by atoms with Crippen LogP contribution in [0.3, 0.4) is 0 Å². The first-order chi connectivity index (χ1) is 6.33. The second-order valence-electron chi connectivity index (χ2n) is 5.48. The van der Waals surface area contributed by atoms with Gasteiger partial charge in [0, 0.05) is 0 Å². The summed E-state index contributed by atoms with van der Waals surface area (Å²) in [5, 5.41) is 0. The van der Waals surface area contributed by atoms with E-state index < -0.39 is 16.6 Å². The first-order valence-corrected chi connectivity index (χ1v) is 12.3. The van der Waals surface area contributed by atoms with Crippen molar-refractivity contribution in [3.05, 3.63) is 0 Å². The first-order valence-electron chi connectivity index (χ1n) is 6.03. The molecule has 0 aliphatic carbocycles. The van der Waals surface area contributed by atoms with Gasteiger partial charge < -0.3 is 4.12 Å². The molecule has 0 bridgehead atoms. The minimum absolute atomic E-state index is 1.28. The van der Waals surface area contributed by atoms with Crippen molar-refractivity contribution in [2.75, 3.05) is 0 Å². The molecule has 0 unspecified atom stereocenters. The monoisotopic (exact) mass is 232 g/mol. The molecule has 0 aromatic carbocycles. The van der Waals surface area contributed by atoms with Gasteiger partial charge in [0.2, 0.25) is 0 Å². The maximum atomic E-state index is 6.45. The summed E-state index contributed by atoms with van der Waals surface area (Å²) in [6.45, 7) is 14.0. The molecule has 0 atom stereocenters. The highest BCUT2D eigenvalue weighted by Gasteiger charge is 2.31. The van der Waals surface area contributed by atoms with Gasteiger partial charge in [0.1, 0.15) is 0 Å². The van der Waals surface area contributed by atoms with Gasteiger partial charge in [-0.1, -0.05) is 33.1 Å². The fraction of sp³-hybridized carbons (Fsp3) is 1.00. The maximum absolute atomic E-state index is 6.45. The van der Waals surface area contributed by atoms with E-state index in [0.29, 0.717) is 0 Å². The van der Waals surface area contributed by atoms with Crippen LogP contribution in [0.2, 0.25) is 38.3 Å². The number of rotatable bonds is 7.